The number of rotatable bonds is 7. The Hall–Kier alpha value is -3.04. The van der Waals surface area contributed by atoms with Crippen LogP contribution in [-0.4, -0.2) is 34.7 Å². The molecule has 27 heavy (non-hydrogen) atoms. The fourth-order valence-corrected chi connectivity index (χ4v) is 2.91. The van der Waals surface area contributed by atoms with Gasteiger partial charge in [0.15, 0.2) is 0 Å². The number of carbonyl (C=O) groups excluding carboxylic acids is 2. The number of nitrogens with one attached hydrogen (secondary N) is 2. The van der Waals surface area contributed by atoms with E-state index in [0.717, 1.165) is 10.8 Å². The zero-order chi connectivity index (χ0) is 19.1. The highest BCUT2D eigenvalue weighted by Crippen LogP contribution is 2.23. The number of fused-ring (bicyclic) bond motifs is 1. The summed E-state index contributed by atoms with van der Waals surface area (Å²) in [5.41, 5.74) is 2.11. The second-order valence-electron chi connectivity index (χ2n) is 5.47. The molecule has 1 aromatic heterocycles. The van der Waals surface area contributed by atoms with E-state index in [1.165, 1.54) is 11.5 Å². The van der Waals surface area contributed by atoms with Gasteiger partial charge in [-0.05, 0) is 28.4 Å². The van der Waals surface area contributed by atoms with Crippen LogP contribution in [0.15, 0.2) is 58.1 Å². The number of carbonyl (C=O) groups is 2. The number of thioether (sulfide) groups is 1. The first-order valence-electron chi connectivity index (χ1n) is 8.15. The van der Waals surface area contributed by atoms with Crippen molar-refractivity contribution in [2.24, 2.45) is 0 Å². The van der Waals surface area contributed by atoms with Gasteiger partial charge in [0.1, 0.15) is 0 Å². The Labute approximate surface area is 158 Å². The first-order valence-corrected chi connectivity index (χ1v) is 8.96. The molecule has 0 radical (unpaired) electrons. The fraction of sp³-hybridized carbons (Fsp3) is 0.167. The van der Waals surface area contributed by atoms with E-state index in [4.69, 9.17) is 14.5 Å². The smallest absolute Gasteiger partial charge is 0.310 e. The Morgan fingerprint density at radius 2 is 2.00 bits per heavy atom. The van der Waals surface area contributed by atoms with Gasteiger partial charge >= 0.3 is 5.24 Å². The fourth-order valence-electron chi connectivity index (χ4n) is 2.44. The predicted octanol–water partition coefficient (Wildman–Crippen LogP) is 3.22. The second-order valence-corrected chi connectivity index (χ2v) is 6.45. The van der Waals surface area contributed by atoms with Gasteiger partial charge in [-0.15, -0.1) is 0 Å². The summed E-state index contributed by atoms with van der Waals surface area (Å²) in [6.07, 6.45) is 0.572. The highest BCUT2D eigenvalue weighted by Gasteiger charge is 2.11. The minimum Gasteiger partial charge on any atom is -0.475 e. The van der Waals surface area contributed by atoms with Crippen LogP contribution in [-0.2, 0) is 0 Å². The Balaban J connectivity index is 1.44. The number of hydrogen-bond acceptors (Lipinski definition) is 7. The highest BCUT2D eigenvalue weighted by molar-refractivity contribution is 8.13. The Morgan fingerprint density at radius 3 is 2.85 bits per heavy atom. The van der Waals surface area contributed by atoms with Gasteiger partial charge in [0.2, 0.25) is 5.09 Å². The molecule has 0 fully saturated rings. The topological polar surface area (TPSA) is 114 Å². The van der Waals surface area contributed by atoms with Crippen molar-refractivity contribution < 1.29 is 24.1 Å². The molecule has 0 aliphatic rings. The molecule has 0 unspecified atom stereocenters. The third-order valence-electron chi connectivity index (χ3n) is 3.64. The molecular formula is C18H17N3O5S. The molecule has 0 aliphatic carbocycles. The summed E-state index contributed by atoms with van der Waals surface area (Å²) < 4.78 is 10.3. The van der Waals surface area contributed by atoms with Crippen molar-refractivity contribution in [3.63, 3.8) is 0 Å². The van der Waals surface area contributed by atoms with Crippen molar-refractivity contribution in [3.05, 3.63) is 54.1 Å². The zero-order valence-corrected chi connectivity index (χ0v) is 15.0. The summed E-state index contributed by atoms with van der Waals surface area (Å²) in [5.74, 6) is 0.0885. The van der Waals surface area contributed by atoms with Gasteiger partial charge in [0, 0.05) is 23.9 Å². The maximum Gasteiger partial charge on any atom is 0.310 e. The van der Waals surface area contributed by atoms with E-state index in [9.17, 15) is 9.59 Å². The lowest BCUT2D eigenvalue weighted by Gasteiger charge is -2.08. The molecule has 3 rings (SSSR count). The van der Waals surface area contributed by atoms with E-state index in [0.29, 0.717) is 36.9 Å². The molecular weight excluding hydrogens is 370 g/mol. The van der Waals surface area contributed by atoms with Gasteiger partial charge < -0.3 is 14.6 Å². The SMILES string of the molecule is O=C(NO)Sc1cc(OCCCNC(=O)c2cccc3ccccc23)no1. The quantitative estimate of drug-likeness (QED) is 0.247. The van der Waals surface area contributed by atoms with Crippen LogP contribution in [0.3, 0.4) is 0 Å². The molecule has 0 bridgehead atoms. The van der Waals surface area contributed by atoms with Gasteiger partial charge in [-0.1, -0.05) is 36.4 Å². The van der Waals surface area contributed by atoms with Crippen molar-refractivity contribution >= 4 is 33.7 Å². The van der Waals surface area contributed by atoms with Crippen LogP contribution in [0.5, 0.6) is 5.88 Å². The molecule has 0 aliphatic heterocycles. The predicted molar refractivity (Wildman–Crippen MR) is 99.1 cm³/mol. The summed E-state index contributed by atoms with van der Waals surface area (Å²) >= 11 is 0.644. The summed E-state index contributed by atoms with van der Waals surface area (Å²) in [7, 11) is 0. The third-order valence-corrected chi connectivity index (χ3v) is 4.31. The van der Waals surface area contributed by atoms with Crippen LogP contribution in [0.25, 0.3) is 10.8 Å². The molecule has 8 nitrogen and oxygen atoms in total. The monoisotopic (exact) mass is 387 g/mol. The van der Waals surface area contributed by atoms with Gasteiger partial charge in [-0.25, -0.2) is 5.48 Å². The van der Waals surface area contributed by atoms with E-state index in [2.05, 4.69) is 10.5 Å². The lowest BCUT2D eigenvalue weighted by atomic mass is 10.0. The largest absolute Gasteiger partial charge is 0.475 e. The van der Waals surface area contributed by atoms with Crippen LogP contribution in [0.1, 0.15) is 16.8 Å². The first kappa shape index (κ1) is 18.7. The Kier molecular flexibility index (Phi) is 6.29. The summed E-state index contributed by atoms with van der Waals surface area (Å²) in [6, 6.07) is 14.8. The van der Waals surface area contributed by atoms with Crippen LogP contribution < -0.4 is 15.5 Å². The standard InChI is InChI=1S/C18H17N3O5S/c22-17(14-8-3-6-12-5-1-2-7-13(12)14)19-9-4-10-25-15-11-16(26-21-15)27-18(23)20-24/h1-3,5-8,11,24H,4,9-10H2,(H,19,22)(H,20,23). The summed E-state index contributed by atoms with van der Waals surface area (Å²) in [6.45, 7) is 0.757. The maximum absolute atomic E-state index is 12.4. The van der Waals surface area contributed by atoms with Crippen molar-refractivity contribution in [2.75, 3.05) is 13.2 Å². The van der Waals surface area contributed by atoms with Gasteiger partial charge in [0.05, 0.1) is 12.7 Å². The number of hydroxylamine groups is 1. The molecule has 3 aromatic rings. The molecule has 3 N–H and O–H groups in total. The minimum atomic E-state index is -0.686. The van der Waals surface area contributed by atoms with Gasteiger partial charge in [-0.2, -0.15) is 0 Å². The van der Waals surface area contributed by atoms with E-state index in [1.807, 2.05) is 36.4 Å². The normalized spacial score (nSPS) is 10.6. The summed E-state index contributed by atoms with van der Waals surface area (Å²) in [4.78, 5) is 23.4. The van der Waals surface area contributed by atoms with Crippen LogP contribution in [0, 0.1) is 0 Å². The van der Waals surface area contributed by atoms with E-state index >= 15 is 0 Å². The molecule has 2 aromatic carbocycles. The number of nitrogens with zero attached hydrogens (tertiary/aromatic N) is 1. The van der Waals surface area contributed by atoms with Crippen molar-refractivity contribution in [2.45, 2.75) is 11.5 Å². The average Bonchev–Trinajstić information content (AvgIpc) is 3.14. The molecule has 0 saturated heterocycles. The molecule has 2 amide bonds. The van der Waals surface area contributed by atoms with Crippen molar-refractivity contribution in [1.82, 2.24) is 16.0 Å². The van der Waals surface area contributed by atoms with Crippen molar-refractivity contribution in [3.8, 4) is 5.88 Å². The van der Waals surface area contributed by atoms with Crippen LogP contribution >= 0.6 is 11.8 Å². The van der Waals surface area contributed by atoms with Gasteiger partial charge in [0.25, 0.3) is 11.8 Å². The molecule has 140 valence electrons. The van der Waals surface area contributed by atoms with Crippen LogP contribution in [0.4, 0.5) is 4.79 Å². The lowest BCUT2D eigenvalue weighted by molar-refractivity contribution is 0.0953. The van der Waals surface area contributed by atoms with Crippen LogP contribution in [0.2, 0.25) is 0 Å². The number of amides is 2. The van der Waals surface area contributed by atoms with Gasteiger partial charge in [-0.3, -0.25) is 14.8 Å². The second kappa shape index (κ2) is 9.06. The van der Waals surface area contributed by atoms with Crippen molar-refractivity contribution in [1.29, 1.82) is 0 Å². The molecule has 0 saturated carbocycles. The molecule has 0 atom stereocenters. The molecule has 0 spiro atoms. The third kappa shape index (κ3) is 4.99. The minimum absolute atomic E-state index is 0.137. The summed E-state index contributed by atoms with van der Waals surface area (Å²) in [5, 5.41) is 16.4. The maximum atomic E-state index is 12.4. The molecule has 1 heterocycles. The van der Waals surface area contributed by atoms with E-state index < -0.39 is 5.24 Å². The average molecular weight is 387 g/mol. The lowest BCUT2D eigenvalue weighted by Crippen LogP contribution is -2.25. The Morgan fingerprint density at radius 1 is 1.19 bits per heavy atom. The Bertz CT molecular complexity index is 938. The zero-order valence-electron chi connectivity index (χ0n) is 14.2. The van der Waals surface area contributed by atoms with E-state index in [-0.39, 0.29) is 16.9 Å². The number of hydrogen-bond donors (Lipinski definition) is 3. The number of ether oxygens (including phenoxy) is 1. The highest BCUT2D eigenvalue weighted by atomic mass is 32.2. The number of benzene rings is 2. The first-order chi connectivity index (χ1) is 13.2. The number of aromatic nitrogens is 1. The van der Waals surface area contributed by atoms with E-state index in [1.54, 1.807) is 6.07 Å². The molecule has 9 heteroatoms.